The molecule has 0 radical (unpaired) electrons. The van der Waals surface area contributed by atoms with Gasteiger partial charge in [-0.1, -0.05) is 48.0 Å². The van der Waals surface area contributed by atoms with Crippen LogP contribution in [0.4, 0.5) is 4.39 Å². The highest BCUT2D eigenvalue weighted by molar-refractivity contribution is 6.30. The van der Waals surface area contributed by atoms with Crippen LogP contribution in [0.3, 0.4) is 0 Å². The zero-order valence-corrected chi connectivity index (χ0v) is 11.8. The van der Waals surface area contributed by atoms with Crippen LogP contribution in [-0.4, -0.2) is 5.11 Å². The summed E-state index contributed by atoms with van der Waals surface area (Å²) < 4.78 is 13.9. The van der Waals surface area contributed by atoms with Gasteiger partial charge in [-0.05, 0) is 41.5 Å². The van der Waals surface area contributed by atoms with Crippen LogP contribution in [0.15, 0.2) is 42.5 Å². The lowest BCUT2D eigenvalue weighted by Crippen LogP contribution is -2.06. The van der Waals surface area contributed by atoms with Crippen LogP contribution in [0.25, 0.3) is 0 Å². The number of halogens is 2. The number of rotatable bonds is 4. The molecule has 3 heteroatoms. The molecule has 1 N–H and O–H groups in total. The van der Waals surface area contributed by atoms with E-state index in [0.29, 0.717) is 11.5 Å². The molecule has 1 fully saturated rings. The van der Waals surface area contributed by atoms with Gasteiger partial charge in [0.15, 0.2) is 0 Å². The molecule has 3 rings (SSSR count). The monoisotopic (exact) mass is 290 g/mol. The van der Waals surface area contributed by atoms with Crippen molar-refractivity contribution in [1.82, 2.24) is 0 Å². The third-order valence-corrected chi connectivity index (χ3v) is 4.11. The van der Waals surface area contributed by atoms with Crippen LogP contribution in [0, 0.1) is 5.82 Å². The molecular formula is C17H16ClFO. The normalized spacial score (nSPS) is 16.1. The van der Waals surface area contributed by atoms with Crippen molar-refractivity contribution >= 4 is 11.6 Å². The second-order valence-electron chi connectivity index (χ2n) is 5.34. The molecule has 104 valence electrons. The third-order valence-electron chi connectivity index (χ3n) is 3.82. The molecule has 0 spiro atoms. The Bertz CT molecular complexity index is 622. The molecule has 1 saturated carbocycles. The van der Waals surface area contributed by atoms with E-state index >= 15 is 0 Å². The van der Waals surface area contributed by atoms with Crippen molar-refractivity contribution in [2.24, 2.45) is 0 Å². The van der Waals surface area contributed by atoms with Crippen LogP contribution in [0.1, 0.15) is 41.6 Å². The van der Waals surface area contributed by atoms with E-state index in [1.54, 1.807) is 12.1 Å². The molecule has 1 nitrogen and oxygen atoms in total. The van der Waals surface area contributed by atoms with E-state index in [-0.39, 0.29) is 11.4 Å². The summed E-state index contributed by atoms with van der Waals surface area (Å²) in [5.74, 6) is 0.127. The van der Waals surface area contributed by atoms with Crippen molar-refractivity contribution in [2.45, 2.75) is 31.3 Å². The van der Waals surface area contributed by atoms with Gasteiger partial charge in [0.1, 0.15) is 5.82 Å². The maximum atomic E-state index is 13.9. The van der Waals surface area contributed by atoms with Gasteiger partial charge < -0.3 is 5.11 Å². The van der Waals surface area contributed by atoms with Gasteiger partial charge in [0, 0.05) is 6.42 Å². The van der Waals surface area contributed by atoms with Crippen LogP contribution < -0.4 is 0 Å². The Hall–Kier alpha value is -1.38. The molecule has 2 aromatic carbocycles. The van der Waals surface area contributed by atoms with Crippen LogP contribution in [0.2, 0.25) is 5.02 Å². The van der Waals surface area contributed by atoms with E-state index in [0.717, 1.165) is 5.56 Å². The van der Waals surface area contributed by atoms with Gasteiger partial charge in [-0.3, -0.25) is 0 Å². The Morgan fingerprint density at radius 2 is 1.90 bits per heavy atom. The first-order valence-electron chi connectivity index (χ1n) is 6.86. The highest BCUT2D eigenvalue weighted by Crippen LogP contribution is 2.43. The second-order valence-corrected chi connectivity index (χ2v) is 5.74. The topological polar surface area (TPSA) is 20.2 Å². The summed E-state index contributed by atoms with van der Waals surface area (Å²) in [6.07, 6.45) is 1.90. The zero-order chi connectivity index (χ0) is 14.1. The number of hydrogen-bond acceptors (Lipinski definition) is 1. The lowest BCUT2D eigenvalue weighted by molar-refractivity contribution is 0.176. The van der Waals surface area contributed by atoms with Gasteiger partial charge in [-0.25, -0.2) is 4.39 Å². The minimum atomic E-state index is -0.695. The molecule has 1 aliphatic rings. The van der Waals surface area contributed by atoms with Crippen molar-refractivity contribution in [3.05, 3.63) is 70.0 Å². The summed E-state index contributed by atoms with van der Waals surface area (Å²) >= 11 is 5.78. The minimum absolute atomic E-state index is 0.102. The average Bonchev–Trinajstić information content (AvgIpc) is 3.28. The average molecular weight is 291 g/mol. The summed E-state index contributed by atoms with van der Waals surface area (Å²) in [4.78, 5) is 0. The third kappa shape index (κ3) is 2.72. The van der Waals surface area contributed by atoms with Crippen LogP contribution in [-0.2, 0) is 6.42 Å². The van der Waals surface area contributed by atoms with E-state index in [1.165, 1.54) is 24.5 Å². The SMILES string of the molecule is OC(Cc1cccc(Cl)c1F)c1ccccc1C1CC1. The standard InChI is InChI=1S/C17H16ClFO/c18-15-7-3-4-12(17(15)19)10-16(20)14-6-2-1-5-13(14)11-8-9-11/h1-7,11,16,20H,8-10H2. The van der Waals surface area contributed by atoms with Gasteiger partial charge in [0.05, 0.1) is 11.1 Å². The van der Waals surface area contributed by atoms with E-state index < -0.39 is 11.9 Å². The van der Waals surface area contributed by atoms with Crippen LogP contribution in [0.5, 0.6) is 0 Å². The number of hydrogen-bond donors (Lipinski definition) is 1. The molecule has 0 bridgehead atoms. The smallest absolute Gasteiger partial charge is 0.145 e. The second kappa shape index (κ2) is 5.55. The molecule has 1 atom stereocenters. The molecule has 0 aliphatic heterocycles. The molecule has 1 unspecified atom stereocenters. The van der Waals surface area contributed by atoms with Gasteiger partial charge in [0.25, 0.3) is 0 Å². The Morgan fingerprint density at radius 1 is 1.15 bits per heavy atom. The van der Waals surface area contributed by atoms with Gasteiger partial charge in [-0.2, -0.15) is 0 Å². The molecule has 0 aromatic heterocycles. The number of aliphatic hydroxyl groups excluding tert-OH is 1. The van der Waals surface area contributed by atoms with E-state index in [2.05, 4.69) is 6.07 Å². The summed E-state index contributed by atoms with van der Waals surface area (Å²) in [7, 11) is 0. The van der Waals surface area contributed by atoms with Crippen LogP contribution >= 0.6 is 11.6 Å². The quantitative estimate of drug-likeness (QED) is 0.870. The van der Waals surface area contributed by atoms with Crippen molar-refractivity contribution in [1.29, 1.82) is 0 Å². The summed E-state index contributed by atoms with van der Waals surface area (Å²) in [5.41, 5.74) is 2.56. The molecule has 0 heterocycles. The maximum Gasteiger partial charge on any atom is 0.145 e. The Kier molecular flexibility index (Phi) is 3.77. The predicted octanol–water partition coefficient (Wildman–Crippen LogP) is 4.63. The maximum absolute atomic E-state index is 13.9. The van der Waals surface area contributed by atoms with Crippen molar-refractivity contribution in [3.8, 4) is 0 Å². The fraction of sp³-hybridized carbons (Fsp3) is 0.294. The summed E-state index contributed by atoms with van der Waals surface area (Å²) in [5, 5.41) is 10.5. The van der Waals surface area contributed by atoms with Crippen molar-refractivity contribution < 1.29 is 9.50 Å². The highest BCUT2D eigenvalue weighted by atomic mass is 35.5. The van der Waals surface area contributed by atoms with E-state index in [9.17, 15) is 9.50 Å². The minimum Gasteiger partial charge on any atom is -0.388 e. The molecule has 2 aromatic rings. The first kappa shape index (κ1) is 13.6. The molecule has 0 saturated heterocycles. The number of benzene rings is 2. The molecular weight excluding hydrogens is 275 g/mol. The first-order chi connectivity index (χ1) is 9.66. The van der Waals surface area contributed by atoms with Crippen molar-refractivity contribution in [3.63, 3.8) is 0 Å². The van der Waals surface area contributed by atoms with Crippen molar-refractivity contribution in [2.75, 3.05) is 0 Å². The Morgan fingerprint density at radius 3 is 2.65 bits per heavy atom. The van der Waals surface area contributed by atoms with Gasteiger partial charge >= 0.3 is 0 Å². The summed E-state index contributed by atoms with van der Waals surface area (Å²) in [6, 6.07) is 12.8. The lowest BCUT2D eigenvalue weighted by Gasteiger charge is -2.16. The molecule has 1 aliphatic carbocycles. The van der Waals surface area contributed by atoms with E-state index in [1.807, 2.05) is 18.2 Å². The largest absolute Gasteiger partial charge is 0.388 e. The fourth-order valence-electron chi connectivity index (χ4n) is 2.60. The Labute approximate surface area is 123 Å². The predicted molar refractivity (Wildman–Crippen MR) is 78.5 cm³/mol. The molecule has 0 amide bonds. The van der Waals surface area contributed by atoms with E-state index in [4.69, 9.17) is 11.6 Å². The fourth-order valence-corrected chi connectivity index (χ4v) is 2.80. The molecule has 20 heavy (non-hydrogen) atoms. The zero-order valence-electron chi connectivity index (χ0n) is 11.0. The summed E-state index contributed by atoms with van der Waals surface area (Å²) in [6.45, 7) is 0. The van der Waals surface area contributed by atoms with Gasteiger partial charge in [-0.15, -0.1) is 0 Å². The highest BCUT2D eigenvalue weighted by Gasteiger charge is 2.27. The first-order valence-corrected chi connectivity index (χ1v) is 7.24. The Balaban J connectivity index is 1.86. The lowest BCUT2D eigenvalue weighted by atomic mass is 9.94. The number of aliphatic hydroxyl groups is 1. The van der Waals surface area contributed by atoms with Gasteiger partial charge in [0.2, 0.25) is 0 Å².